The number of benzene rings is 1. The van der Waals surface area contributed by atoms with Gasteiger partial charge in [-0.05, 0) is 36.3 Å². The molecule has 1 fully saturated rings. The summed E-state index contributed by atoms with van der Waals surface area (Å²) in [6, 6.07) is 8.31. The van der Waals surface area contributed by atoms with Gasteiger partial charge in [0, 0.05) is 5.38 Å². The molecule has 3 rings (SSSR count). The number of nitrogens with one attached hydrogen (secondary N) is 1. The van der Waals surface area contributed by atoms with Crippen molar-refractivity contribution >= 4 is 28.3 Å². The Morgan fingerprint density at radius 3 is 2.42 bits per heavy atom. The third-order valence-corrected chi connectivity index (χ3v) is 5.46. The number of amides is 1. The molecule has 5 nitrogen and oxygen atoms in total. The predicted octanol–water partition coefficient (Wildman–Crippen LogP) is 4.29. The van der Waals surface area contributed by atoms with Gasteiger partial charge in [-0.1, -0.05) is 45.0 Å². The van der Waals surface area contributed by atoms with Gasteiger partial charge in [0.15, 0.2) is 10.8 Å². The lowest BCUT2D eigenvalue weighted by atomic mass is 9.85. The normalized spacial score (nSPS) is 15.4. The molecule has 1 amide bonds. The summed E-state index contributed by atoms with van der Waals surface area (Å²) in [5.74, 6) is -0.533. The van der Waals surface area contributed by atoms with E-state index in [-0.39, 0.29) is 17.0 Å². The van der Waals surface area contributed by atoms with Gasteiger partial charge in [0.2, 0.25) is 5.91 Å². The van der Waals surface area contributed by atoms with E-state index >= 15 is 0 Å². The first kappa shape index (κ1) is 18.6. The zero-order chi connectivity index (χ0) is 18.9. The second-order valence-corrected chi connectivity index (χ2v) is 8.48. The number of rotatable bonds is 5. The van der Waals surface area contributed by atoms with Crippen LogP contribution in [0, 0.1) is 0 Å². The Hall–Kier alpha value is -2.21. The quantitative estimate of drug-likeness (QED) is 0.795. The minimum absolute atomic E-state index is 0.0641. The van der Waals surface area contributed by atoms with Gasteiger partial charge in [-0.3, -0.25) is 4.79 Å². The maximum atomic E-state index is 12.8. The highest BCUT2D eigenvalue weighted by Crippen LogP contribution is 2.49. The monoisotopic (exact) mass is 372 g/mol. The van der Waals surface area contributed by atoms with Crippen LogP contribution in [0.2, 0.25) is 0 Å². The topological polar surface area (TPSA) is 68.3 Å². The number of hydrogen-bond acceptors (Lipinski definition) is 5. The number of anilines is 1. The van der Waals surface area contributed by atoms with E-state index in [2.05, 4.69) is 55.3 Å². The van der Waals surface area contributed by atoms with E-state index in [9.17, 15) is 9.59 Å². The molecule has 1 heterocycles. The fourth-order valence-electron chi connectivity index (χ4n) is 2.91. The molecule has 138 valence electrons. The van der Waals surface area contributed by atoms with Crippen molar-refractivity contribution < 1.29 is 14.3 Å². The van der Waals surface area contributed by atoms with Crippen LogP contribution < -0.4 is 5.32 Å². The molecule has 0 unspecified atom stereocenters. The first-order valence-corrected chi connectivity index (χ1v) is 9.69. The molecule has 1 aromatic heterocycles. The van der Waals surface area contributed by atoms with Gasteiger partial charge < -0.3 is 10.1 Å². The molecule has 0 spiro atoms. The van der Waals surface area contributed by atoms with E-state index in [0.29, 0.717) is 11.7 Å². The molecule has 1 aliphatic carbocycles. The van der Waals surface area contributed by atoms with Crippen LogP contribution in [-0.4, -0.2) is 23.5 Å². The van der Waals surface area contributed by atoms with Gasteiger partial charge in [-0.15, -0.1) is 11.3 Å². The molecule has 2 aromatic rings. The van der Waals surface area contributed by atoms with Crippen LogP contribution in [0.1, 0.15) is 62.2 Å². The standard InChI is InChI=1S/C20H24N2O3S/c1-5-25-16(23)15-12-26-18(21-15)22-17(24)20(10-11-20)14-8-6-13(7-9-14)19(2,3)4/h6-9,12H,5,10-11H2,1-4H3,(H,21,22,24). The molecular weight excluding hydrogens is 348 g/mol. The van der Waals surface area contributed by atoms with Gasteiger partial charge in [0.05, 0.1) is 12.0 Å². The molecule has 6 heteroatoms. The number of ether oxygens (including phenoxy) is 1. The van der Waals surface area contributed by atoms with E-state index < -0.39 is 11.4 Å². The average molecular weight is 372 g/mol. The summed E-state index contributed by atoms with van der Waals surface area (Å²) in [5.41, 5.74) is 2.11. The molecule has 0 atom stereocenters. The van der Waals surface area contributed by atoms with Crippen molar-refractivity contribution in [2.75, 3.05) is 11.9 Å². The first-order chi connectivity index (χ1) is 12.3. The Bertz CT molecular complexity index is 814. The smallest absolute Gasteiger partial charge is 0.357 e. The third kappa shape index (κ3) is 3.65. The largest absolute Gasteiger partial charge is 0.461 e. The highest BCUT2D eigenvalue weighted by molar-refractivity contribution is 7.14. The lowest BCUT2D eigenvalue weighted by molar-refractivity contribution is -0.118. The van der Waals surface area contributed by atoms with E-state index in [1.807, 2.05) is 0 Å². The van der Waals surface area contributed by atoms with E-state index in [1.165, 1.54) is 16.9 Å². The number of hydrogen-bond donors (Lipinski definition) is 1. The molecule has 0 radical (unpaired) electrons. The van der Waals surface area contributed by atoms with Crippen LogP contribution in [0.15, 0.2) is 29.6 Å². The molecule has 0 saturated heterocycles. The minimum atomic E-state index is -0.480. The fraction of sp³-hybridized carbons (Fsp3) is 0.450. The summed E-state index contributed by atoms with van der Waals surface area (Å²) in [5, 5.41) is 4.90. The van der Waals surface area contributed by atoms with Crippen LogP contribution in [0.3, 0.4) is 0 Å². The van der Waals surface area contributed by atoms with Crippen LogP contribution >= 0.6 is 11.3 Å². The molecule has 1 aromatic carbocycles. The predicted molar refractivity (Wildman–Crippen MR) is 103 cm³/mol. The van der Waals surface area contributed by atoms with E-state index in [0.717, 1.165) is 18.4 Å². The Kier molecular flexibility index (Phi) is 4.88. The van der Waals surface area contributed by atoms with Crippen molar-refractivity contribution in [3.8, 4) is 0 Å². The minimum Gasteiger partial charge on any atom is -0.461 e. The van der Waals surface area contributed by atoms with Crippen LogP contribution in [0.5, 0.6) is 0 Å². The van der Waals surface area contributed by atoms with Crippen molar-refractivity contribution in [2.24, 2.45) is 0 Å². The summed E-state index contributed by atoms with van der Waals surface area (Å²) >= 11 is 1.23. The lowest BCUT2D eigenvalue weighted by Crippen LogP contribution is -2.28. The van der Waals surface area contributed by atoms with Gasteiger partial charge in [0.1, 0.15) is 0 Å². The average Bonchev–Trinajstić information content (AvgIpc) is 3.28. The fourth-order valence-corrected chi connectivity index (χ4v) is 3.58. The molecule has 1 saturated carbocycles. The number of carbonyl (C=O) groups excluding carboxylic acids is 2. The Labute approximate surface area is 157 Å². The molecule has 0 aliphatic heterocycles. The van der Waals surface area contributed by atoms with E-state index in [4.69, 9.17) is 4.74 Å². The summed E-state index contributed by atoms with van der Waals surface area (Å²) in [6.45, 7) is 8.56. The van der Waals surface area contributed by atoms with Crippen molar-refractivity contribution in [3.63, 3.8) is 0 Å². The third-order valence-electron chi connectivity index (χ3n) is 4.70. The van der Waals surface area contributed by atoms with Crippen molar-refractivity contribution in [2.45, 2.75) is 51.4 Å². The lowest BCUT2D eigenvalue weighted by Gasteiger charge is -2.21. The highest BCUT2D eigenvalue weighted by Gasteiger charge is 2.51. The van der Waals surface area contributed by atoms with Crippen LogP contribution in [0.4, 0.5) is 5.13 Å². The maximum Gasteiger partial charge on any atom is 0.357 e. The first-order valence-electron chi connectivity index (χ1n) is 8.81. The van der Waals surface area contributed by atoms with Gasteiger partial charge >= 0.3 is 5.97 Å². The van der Waals surface area contributed by atoms with Crippen molar-refractivity contribution in [3.05, 3.63) is 46.5 Å². The highest BCUT2D eigenvalue weighted by atomic mass is 32.1. The summed E-state index contributed by atoms with van der Waals surface area (Å²) < 4.78 is 4.93. The van der Waals surface area contributed by atoms with Crippen LogP contribution in [0.25, 0.3) is 0 Å². The number of nitrogens with zero attached hydrogens (tertiary/aromatic N) is 1. The zero-order valence-electron chi connectivity index (χ0n) is 15.6. The van der Waals surface area contributed by atoms with Crippen LogP contribution in [-0.2, 0) is 20.4 Å². The number of aromatic nitrogens is 1. The Balaban J connectivity index is 1.72. The van der Waals surface area contributed by atoms with Crippen molar-refractivity contribution in [1.29, 1.82) is 0 Å². The number of carbonyl (C=O) groups is 2. The second kappa shape index (κ2) is 6.83. The summed E-state index contributed by atoms with van der Waals surface area (Å²) in [6.07, 6.45) is 1.65. The van der Waals surface area contributed by atoms with E-state index in [1.54, 1.807) is 12.3 Å². The number of esters is 1. The summed E-state index contributed by atoms with van der Waals surface area (Å²) in [4.78, 5) is 28.7. The Morgan fingerprint density at radius 1 is 1.23 bits per heavy atom. The second-order valence-electron chi connectivity index (χ2n) is 7.62. The molecule has 26 heavy (non-hydrogen) atoms. The Morgan fingerprint density at radius 2 is 1.88 bits per heavy atom. The van der Waals surface area contributed by atoms with Gasteiger partial charge in [0.25, 0.3) is 0 Å². The maximum absolute atomic E-state index is 12.8. The number of thiazole rings is 1. The zero-order valence-corrected chi connectivity index (χ0v) is 16.4. The molecular formula is C20H24N2O3S. The van der Waals surface area contributed by atoms with Gasteiger partial charge in [-0.2, -0.15) is 0 Å². The SMILES string of the molecule is CCOC(=O)c1csc(NC(=O)C2(c3ccc(C(C)(C)C)cc3)CC2)n1. The van der Waals surface area contributed by atoms with Gasteiger partial charge in [-0.25, -0.2) is 9.78 Å². The van der Waals surface area contributed by atoms with Crippen molar-refractivity contribution in [1.82, 2.24) is 4.98 Å². The molecule has 1 N–H and O–H groups in total. The molecule has 0 bridgehead atoms. The molecule has 1 aliphatic rings. The summed E-state index contributed by atoms with van der Waals surface area (Å²) in [7, 11) is 0.